The van der Waals surface area contributed by atoms with Gasteiger partial charge in [0.05, 0.1) is 31.2 Å². The van der Waals surface area contributed by atoms with Gasteiger partial charge in [0, 0.05) is 67.5 Å². The molecule has 0 aliphatic carbocycles. The molecule has 5 aliphatic rings. The van der Waals surface area contributed by atoms with Crippen molar-refractivity contribution in [1.29, 1.82) is 5.41 Å². The molecule has 0 spiro atoms. The van der Waals surface area contributed by atoms with Crippen molar-refractivity contribution in [3.8, 4) is 5.88 Å². The summed E-state index contributed by atoms with van der Waals surface area (Å²) in [5, 5.41) is 15.5. The van der Waals surface area contributed by atoms with E-state index in [2.05, 4.69) is 48.8 Å². The van der Waals surface area contributed by atoms with E-state index < -0.39 is 0 Å². The van der Waals surface area contributed by atoms with E-state index in [-0.39, 0.29) is 5.84 Å². The van der Waals surface area contributed by atoms with Crippen molar-refractivity contribution in [3.05, 3.63) is 77.1 Å². The Kier molecular flexibility index (Phi) is 6.09. The largest absolute Gasteiger partial charge is 0.492 e. The number of methoxy groups -OCH3 is 1. The number of dihydropyridines is 1. The molecule has 5 aliphatic heterocycles. The minimum absolute atomic E-state index is 0.258. The molecular weight excluding hydrogens is 468 g/mol. The fourth-order valence-electron chi connectivity index (χ4n) is 5.35. The fraction of sp³-hybridized carbons (Fsp3) is 0.333. The summed E-state index contributed by atoms with van der Waals surface area (Å²) in [5.41, 5.74) is 7.28. The summed E-state index contributed by atoms with van der Waals surface area (Å²) in [6.07, 6.45) is 10.5. The zero-order valence-corrected chi connectivity index (χ0v) is 20.9. The molecule has 2 aromatic rings. The van der Waals surface area contributed by atoms with Gasteiger partial charge in [0.25, 0.3) is 0 Å². The first-order valence-corrected chi connectivity index (χ1v) is 12.5. The van der Waals surface area contributed by atoms with Crippen molar-refractivity contribution < 1.29 is 9.47 Å². The van der Waals surface area contributed by atoms with Gasteiger partial charge in [-0.2, -0.15) is 5.10 Å². The lowest BCUT2D eigenvalue weighted by molar-refractivity contribution is -0.00877. The number of allylic oxidation sites excluding steroid dienone is 2. The average Bonchev–Trinajstić information content (AvgIpc) is 3.37. The van der Waals surface area contributed by atoms with Crippen molar-refractivity contribution in [2.24, 2.45) is 5.10 Å². The third-order valence-corrected chi connectivity index (χ3v) is 7.23. The molecule has 3 fully saturated rings. The number of amidine groups is 1. The zero-order chi connectivity index (χ0) is 25.4. The summed E-state index contributed by atoms with van der Waals surface area (Å²) in [6.45, 7) is 5.36. The van der Waals surface area contributed by atoms with Gasteiger partial charge >= 0.3 is 0 Å². The van der Waals surface area contributed by atoms with Gasteiger partial charge in [0.15, 0.2) is 0 Å². The number of aromatic nitrogens is 2. The Bertz CT molecular complexity index is 1300. The standard InChI is InChI=1S/C27H30N8O2/c1-3-37-21-9-22(26(31-12-21)23-13-32-33-27(23)28)18-5-6-24(29-11-18)34-15-19-8-20(16-34)35(19)14-17-4-7-25(36-2)30-10-17/h4-7,9-13,19-20,31H,3,8,14-16H2,1-2H3,(H2,28,33)/b26-23-. The van der Waals surface area contributed by atoms with Crippen LogP contribution in [0.25, 0.3) is 5.57 Å². The van der Waals surface area contributed by atoms with Crippen LogP contribution in [0.4, 0.5) is 5.82 Å². The van der Waals surface area contributed by atoms with E-state index in [1.807, 2.05) is 37.7 Å². The van der Waals surface area contributed by atoms with Crippen molar-refractivity contribution in [2.45, 2.75) is 32.0 Å². The molecule has 0 amide bonds. The molecule has 2 aromatic heterocycles. The Hall–Kier alpha value is -4.18. The highest BCUT2D eigenvalue weighted by Crippen LogP contribution is 2.36. The van der Waals surface area contributed by atoms with Gasteiger partial charge in [-0.05, 0) is 37.1 Å². The Balaban J connectivity index is 1.17. The summed E-state index contributed by atoms with van der Waals surface area (Å²) in [6, 6.07) is 9.23. The minimum atomic E-state index is 0.258. The second-order valence-corrected chi connectivity index (χ2v) is 9.45. The topological polar surface area (TPSA) is 111 Å². The monoisotopic (exact) mass is 498 g/mol. The first kappa shape index (κ1) is 23.2. The smallest absolute Gasteiger partial charge is 0.212 e. The maximum atomic E-state index is 8.17. The number of ether oxygens (including phenoxy) is 2. The zero-order valence-electron chi connectivity index (χ0n) is 20.9. The predicted molar refractivity (Wildman–Crippen MR) is 142 cm³/mol. The number of nitrogens with one attached hydrogen (secondary N) is 3. The van der Waals surface area contributed by atoms with Crippen LogP contribution >= 0.6 is 0 Å². The van der Waals surface area contributed by atoms with Crippen LogP contribution in [0, 0.1) is 5.41 Å². The third-order valence-electron chi connectivity index (χ3n) is 7.23. The number of piperidine rings is 1. The van der Waals surface area contributed by atoms with Crippen LogP contribution < -0.4 is 20.4 Å². The van der Waals surface area contributed by atoms with Crippen LogP contribution in [-0.4, -0.2) is 65.8 Å². The molecule has 10 heteroatoms. The van der Waals surface area contributed by atoms with Gasteiger partial charge in [-0.1, -0.05) is 6.07 Å². The van der Waals surface area contributed by atoms with E-state index in [1.54, 1.807) is 13.3 Å². The molecule has 10 nitrogen and oxygen atoms in total. The summed E-state index contributed by atoms with van der Waals surface area (Å²) < 4.78 is 10.9. The SMILES string of the molecule is CCOC1=CN/C(=C2/C=NNC2=N)C(c2ccc(N3CC4CC(C3)N4Cc3ccc(OC)nc3)nc2)=C1. The van der Waals surface area contributed by atoms with E-state index in [4.69, 9.17) is 19.9 Å². The van der Waals surface area contributed by atoms with Crippen molar-refractivity contribution in [2.75, 3.05) is 31.7 Å². The maximum Gasteiger partial charge on any atom is 0.212 e. The lowest BCUT2D eigenvalue weighted by Gasteiger charge is -2.56. The Labute approximate surface area is 215 Å². The number of hydrogen-bond donors (Lipinski definition) is 3. The van der Waals surface area contributed by atoms with Crippen LogP contribution in [0.2, 0.25) is 0 Å². The molecular formula is C27H30N8O2. The van der Waals surface area contributed by atoms with Gasteiger partial charge < -0.3 is 19.7 Å². The van der Waals surface area contributed by atoms with Crippen molar-refractivity contribution >= 4 is 23.4 Å². The van der Waals surface area contributed by atoms with Crippen LogP contribution in [0.15, 0.2) is 71.1 Å². The minimum Gasteiger partial charge on any atom is -0.492 e. The molecule has 2 bridgehead atoms. The second kappa shape index (κ2) is 9.70. The number of rotatable bonds is 7. The number of pyridine rings is 2. The normalized spacial score (nSPS) is 24.6. The predicted octanol–water partition coefficient (Wildman–Crippen LogP) is 2.63. The number of anilines is 1. The summed E-state index contributed by atoms with van der Waals surface area (Å²) in [4.78, 5) is 14.1. The third kappa shape index (κ3) is 4.44. The van der Waals surface area contributed by atoms with Crippen LogP contribution in [0.5, 0.6) is 5.88 Å². The maximum absolute atomic E-state index is 8.17. The number of fused-ring (bicyclic) bond motifs is 2. The molecule has 190 valence electrons. The number of hydrogen-bond acceptors (Lipinski definition) is 9. The Morgan fingerprint density at radius 1 is 1.11 bits per heavy atom. The van der Waals surface area contributed by atoms with E-state index in [9.17, 15) is 0 Å². The van der Waals surface area contributed by atoms with E-state index >= 15 is 0 Å². The molecule has 3 saturated heterocycles. The van der Waals surface area contributed by atoms with E-state index in [0.29, 0.717) is 30.1 Å². The molecule has 0 saturated carbocycles. The molecule has 0 aromatic carbocycles. The highest BCUT2D eigenvalue weighted by atomic mass is 16.5. The van der Waals surface area contributed by atoms with Crippen molar-refractivity contribution in [1.82, 2.24) is 25.6 Å². The van der Waals surface area contributed by atoms with Gasteiger partial charge in [0.1, 0.15) is 17.4 Å². The molecule has 7 rings (SSSR count). The van der Waals surface area contributed by atoms with Gasteiger partial charge in [-0.25, -0.2) is 9.97 Å². The lowest BCUT2D eigenvalue weighted by atomic mass is 9.87. The number of hydrazone groups is 1. The van der Waals surface area contributed by atoms with Gasteiger partial charge in [-0.15, -0.1) is 0 Å². The Morgan fingerprint density at radius 3 is 2.62 bits per heavy atom. The molecule has 3 N–H and O–H groups in total. The lowest BCUT2D eigenvalue weighted by Crippen LogP contribution is -2.68. The van der Waals surface area contributed by atoms with Gasteiger partial charge in [0.2, 0.25) is 5.88 Å². The van der Waals surface area contributed by atoms with E-state index in [0.717, 1.165) is 48.0 Å². The molecule has 7 heterocycles. The second-order valence-electron chi connectivity index (χ2n) is 9.45. The van der Waals surface area contributed by atoms with Crippen molar-refractivity contribution in [3.63, 3.8) is 0 Å². The van der Waals surface area contributed by atoms with Crippen LogP contribution in [0.1, 0.15) is 24.5 Å². The quantitative estimate of drug-likeness (QED) is 0.534. The Morgan fingerprint density at radius 2 is 1.97 bits per heavy atom. The van der Waals surface area contributed by atoms with Crippen LogP contribution in [0.3, 0.4) is 0 Å². The molecule has 0 radical (unpaired) electrons. The first-order chi connectivity index (χ1) is 18.1. The highest BCUT2D eigenvalue weighted by Gasteiger charge is 2.44. The first-order valence-electron chi connectivity index (χ1n) is 12.5. The molecule has 37 heavy (non-hydrogen) atoms. The highest BCUT2D eigenvalue weighted by molar-refractivity contribution is 6.19. The summed E-state index contributed by atoms with van der Waals surface area (Å²) >= 11 is 0. The fourth-order valence-corrected chi connectivity index (χ4v) is 5.35. The summed E-state index contributed by atoms with van der Waals surface area (Å²) in [7, 11) is 1.64. The molecule has 2 atom stereocenters. The van der Waals surface area contributed by atoms with Gasteiger partial charge in [-0.3, -0.25) is 15.7 Å². The summed E-state index contributed by atoms with van der Waals surface area (Å²) in [5.74, 6) is 2.63. The number of nitrogens with zero attached hydrogens (tertiary/aromatic N) is 5. The number of piperazine rings is 1. The van der Waals surface area contributed by atoms with Crippen LogP contribution in [-0.2, 0) is 11.3 Å². The molecule has 2 unspecified atom stereocenters. The van der Waals surface area contributed by atoms with E-state index in [1.165, 1.54) is 12.0 Å². The average molecular weight is 499 g/mol.